The van der Waals surface area contributed by atoms with Crippen LogP contribution in [0, 0.1) is 0 Å². The molecule has 3 rings (SSSR count). The van der Waals surface area contributed by atoms with Crippen LogP contribution in [-0.2, 0) is 0 Å². The van der Waals surface area contributed by atoms with Crippen molar-refractivity contribution in [2.75, 3.05) is 6.26 Å². The van der Waals surface area contributed by atoms with E-state index in [1.54, 1.807) is 12.1 Å². The number of phenolic OH excluding ortho intramolecular Hbond substituents is 1. The average molecular weight is 294 g/mol. The molecule has 21 heavy (non-hydrogen) atoms. The van der Waals surface area contributed by atoms with Crippen molar-refractivity contribution in [1.29, 1.82) is 0 Å². The second-order valence-electron chi connectivity index (χ2n) is 4.54. The zero-order valence-corrected chi connectivity index (χ0v) is 12.3. The molecule has 1 aromatic heterocycles. The summed E-state index contributed by atoms with van der Waals surface area (Å²) in [5, 5.41) is 10.1. The SMILES string of the molecule is CSc1nc(-c2ccccc2)cc(-c2ccc(O)cc2)n1. The molecule has 1 N–H and O–H groups in total. The predicted molar refractivity (Wildman–Crippen MR) is 86.3 cm³/mol. The molecule has 0 atom stereocenters. The number of aromatic hydroxyl groups is 1. The third kappa shape index (κ3) is 3.06. The Morgan fingerprint density at radius 2 is 1.38 bits per heavy atom. The summed E-state index contributed by atoms with van der Waals surface area (Å²) < 4.78 is 0. The Balaban J connectivity index is 2.11. The normalized spacial score (nSPS) is 10.5. The van der Waals surface area contributed by atoms with Gasteiger partial charge in [0.05, 0.1) is 11.4 Å². The summed E-state index contributed by atoms with van der Waals surface area (Å²) in [5.74, 6) is 0.251. The number of phenols is 1. The Hall–Kier alpha value is -2.33. The van der Waals surface area contributed by atoms with E-state index >= 15 is 0 Å². The number of hydrogen-bond acceptors (Lipinski definition) is 4. The van der Waals surface area contributed by atoms with Crippen LogP contribution < -0.4 is 0 Å². The number of hydrogen-bond donors (Lipinski definition) is 1. The third-order valence-electron chi connectivity index (χ3n) is 3.12. The van der Waals surface area contributed by atoms with E-state index in [4.69, 9.17) is 0 Å². The Labute approximate surface area is 127 Å². The van der Waals surface area contributed by atoms with Crippen molar-refractivity contribution in [2.45, 2.75) is 5.16 Å². The standard InChI is InChI=1S/C17H14N2OS/c1-21-17-18-15(12-5-3-2-4-6-12)11-16(19-17)13-7-9-14(20)10-8-13/h2-11,20H,1H3. The van der Waals surface area contributed by atoms with E-state index in [1.165, 1.54) is 11.8 Å². The van der Waals surface area contributed by atoms with Crippen molar-refractivity contribution in [3.8, 4) is 28.3 Å². The van der Waals surface area contributed by atoms with Crippen LogP contribution in [0.25, 0.3) is 22.5 Å². The highest BCUT2D eigenvalue weighted by Crippen LogP contribution is 2.27. The minimum absolute atomic E-state index is 0.251. The van der Waals surface area contributed by atoms with E-state index < -0.39 is 0 Å². The lowest BCUT2D eigenvalue weighted by molar-refractivity contribution is 0.475. The number of nitrogens with zero attached hydrogens (tertiary/aromatic N) is 2. The molecule has 104 valence electrons. The lowest BCUT2D eigenvalue weighted by Crippen LogP contribution is -1.93. The summed E-state index contributed by atoms with van der Waals surface area (Å²) in [6.07, 6.45) is 1.96. The molecule has 0 radical (unpaired) electrons. The van der Waals surface area contributed by atoms with E-state index in [0.29, 0.717) is 0 Å². The van der Waals surface area contributed by atoms with Crippen molar-refractivity contribution < 1.29 is 5.11 Å². The van der Waals surface area contributed by atoms with E-state index in [0.717, 1.165) is 27.7 Å². The fourth-order valence-corrected chi connectivity index (χ4v) is 2.43. The van der Waals surface area contributed by atoms with E-state index in [1.807, 2.05) is 54.8 Å². The molecule has 0 amide bonds. The van der Waals surface area contributed by atoms with E-state index in [2.05, 4.69) is 9.97 Å². The number of aromatic nitrogens is 2. The van der Waals surface area contributed by atoms with E-state index in [-0.39, 0.29) is 5.75 Å². The maximum absolute atomic E-state index is 9.40. The summed E-state index contributed by atoms with van der Waals surface area (Å²) in [6.45, 7) is 0. The molecular formula is C17H14N2OS. The zero-order valence-electron chi connectivity index (χ0n) is 11.5. The van der Waals surface area contributed by atoms with Gasteiger partial charge in [0.2, 0.25) is 0 Å². The van der Waals surface area contributed by atoms with Crippen LogP contribution in [0.15, 0.2) is 65.8 Å². The van der Waals surface area contributed by atoms with Crippen LogP contribution in [-0.4, -0.2) is 21.3 Å². The molecule has 0 saturated heterocycles. The Kier molecular flexibility index (Phi) is 3.88. The molecule has 0 fully saturated rings. The van der Waals surface area contributed by atoms with Crippen LogP contribution in [0.3, 0.4) is 0 Å². The molecule has 3 nitrogen and oxygen atoms in total. The first-order valence-corrected chi connectivity index (χ1v) is 7.76. The highest BCUT2D eigenvalue weighted by molar-refractivity contribution is 7.98. The minimum Gasteiger partial charge on any atom is -0.508 e. The number of thioether (sulfide) groups is 1. The lowest BCUT2D eigenvalue weighted by atomic mass is 10.1. The topological polar surface area (TPSA) is 46.0 Å². The highest BCUT2D eigenvalue weighted by atomic mass is 32.2. The van der Waals surface area contributed by atoms with Gasteiger partial charge in [-0.15, -0.1) is 0 Å². The maximum atomic E-state index is 9.40. The van der Waals surface area contributed by atoms with Gasteiger partial charge in [0.15, 0.2) is 5.16 Å². The maximum Gasteiger partial charge on any atom is 0.188 e. The Morgan fingerprint density at radius 1 is 0.810 bits per heavy atom. The van der Waals surface area contributed by atoms with Gasteiger partial charge in [-0.25, -0.2) is 9.97 Å². The first kappa shape index (κ1) is 13.6. The number of benzene rings is 2. The summed E-state index contributed by atoms with van der Waals surface area (Å²) >= 11 is 1.52. The van der Waals surface area contributed by atoms with Crippen molar-refractivity contribution in [3.05, 3.63) is 60.7 Å². The molecular weight excluding hydrogens is 280 g/mol. The second-order valence-corrected chi connectivity index (χ2v) is 5.31. The number of rotatable bonds is 3. The summed E-state index contributed by atoms with van der Waals surface area (Å²) in [6, 6.07) is 19.1. The lowest BCUT2D eigenvalue weighted by Gasteiger charge is -2.07. The molecule has 2 aromatic carbocycles. The predicted octanol–water partition coefficient (Wildman–Crippen LogP) is 4.24. The van der Waals surface area contributed by atoms with Gasteiger partial charge in [0.1, 0.15) is 5.75 Å². The van der Waals surface area contributed by atoms with E-state index in [9.17, 15) is 5.11 Å². The minimum atomic E-state index is 0.251. The van der Waals surface area contributed by atoms with Crippen molar-refractivity contribution in [2.24, 2.45) is 0 Å². The molecule has 0 aliphatic carbocycles. The first-order valence-electron chi connectivity index (χ1n) is 6.54. The Morgan fingerprint density at radius 3 is 1.95 bits per heavy atom. The molecule has 0 saturated carbocycles. The van der Waals surface area contributed by atoms with Gasteiger partial charge >= 0.3 is 0 Å². The third-order valence-corrected chi connectivity index (χ3v) is 3.67. The van der Waals surface area contributed by atoms with Crippen molar-refractivity contribution in [3.63, 3.8) is 0 Å². The van der Waals surface area contributed by atoms with Crippen molar-refractivity contribution in [1.82, 2.24) is 9.97 Å². The Bertz CT molecular complexity index is 742. The van der Waals surface area contributed by atoms with Gasteiger partial charge in [0, 0.05) is 11.1 Å². The smallest absolute Gasteiger partial charge is 0.188 e. The fourth-order valence-electron chi connectivity index (χ4n) is 2.05. The monoisotopic (exact) mass is 294 g/mol. The van der Waals surface area contributed by atoms with Crippen LogP contribution in [0.4, 0.5) is 0 Å². The molecule has 4 heteroatoms. The summed E-state index contributed by atoms with van der Waals surface area (Å²) in [4.78, 5) is 9.12. The summed E-state index contributed by atoms with van der Waals surface area (Å²) in [7, 11) is 0. The van der Waals surface area contributed by atoms with Crippen LogP contribution in [0.5, 0.6) is 5.75 Å². The molecule has 1 heterocycles. The fraction of sp³-hybridized carbons (Fsp3) is 0.0588. The molecule has 0 aliphatic heterocycles. The van der Waals surface area contributed by atoms with Gasteiger partial charge < -0.3 is 5.11 Å². The van der Waals surface area contributed by atoms with Crippen molar-refractivity contribution >= 4 is 11.8 Å². The first-order chi connectivity index (χ1) is 10.3. The van der Waals surface area contributed by atoms with Gasteiger partial charge in [-0.05, 0) is 36.6 Å². The molecule has 0 spiro atoms. The molecule has 0 aliphatic rings. The van der Waals surface area contributed by atoms with Gasteiger partial charge in [0.25, 0.3) is 0 Å². The quantitative estimate of drug-likeness (QED) is 0.580. The van der Waals surface area contributed by atoms with Crippen LogP contribution in [0.2, 0.25) is 0 Å². The van der Waals surface area contributed by atoms with Crippen LogP contribution in [0.1, 0.15) is 0 Å². The second kappa shape index (κ2) is 5.97. The average Bonchev–Trinajstić information content (AvgIpc) is 2.56. The molecule has 0 bridgehead atoms. The van der Waals surface area contributed by atoms with Gasteiger partial charge in [-0.2, -0.15) is 0 Å². The molecule has 0 unspecified atom stereocenters. The molecule has 3 aromatic rings. The summed E-state index contributed by atoms with van der Waals surface area (Å²) in [5.41, 5.74) is 3.78. The van der Waals surface area contributed by atoms with Gasteiger partial charge in [-0.1, -0.05) is 42.1 Å². The largest absolute Gasteiger partial charge is 0.508 e. The van der Waals surface area contributed by atoms with Crippen LogP contribution >= 0.6 is 11.8 Å². The highest BCUT2D eigenvalue weighted by Gasteiger charge is 2.08. The van der Waals surface area contributed by atoms with Gasteiger partial charge in [-0.3, -0.25) is 0 Å². The zero-order chi connectivity index (χ0) is 14.7.